The van der Waals surface area contributed by atoms with E-state index in [0.717, 1.165) is 36.2 Å². The summed E-state index contributed by atoms with van der Waals surface area (Å²) in [4.78, 5) is 13.6. The molecule has 1 N–H and O–H groups in total. The van der Waals surface area contributed by atoms with Gasteiger partial charge in [-0.15, -0.1) is 12.4 Å². The molecule has 1 atom stereocenters. The number of benzene rings is 1. The Morgan fingerprint density at radius 2 is 2.17 bits per heavy atom. The van der Waals surface area contributed by atoms with Crippen molar-refractivity contribution < 1.29 is 14.3 Å². The van der Waals surface area contributed by atoms with Gasteiger partial charge in [-0.2, -0.15) is 0 Å². The lowest BCUT2D eigenvalue weighted by Gasteiger charge is -2.18. The third-order valence-corrected chi connectivity index (χ3v) is 4.14. The van der Waals surface area contributed by atoms with Gasteiger partial charge in [-0.25, -0.2) is 0 Å². The number of carbonyl (C=O) groups excluding carboxylic acids is 1. The number of nitrogens with one attached hydrogen (secondary N) is 1. The molecule has 0 saturated carbocycles. The lowest BCUT2D eigenvalue weighted by Crippen LogP contribution is -2.39. The molecule has 2 rings (SSSR count). The predicted octanol–water partition coefficient (Wildman–Crippen LogP) is 2.48. The Morgan fingerprint density at radius 1 is 1.43 bits per heavy atom. The van der Waals surface area contributed by atoms with E-state index in [9.17, 15) is 4.79 Å². The molecule has 1 saturated heterocycles. The van der Waals surface area contributed by atoms with Crippen LogP contribution in [0, 0.1) is 0 Å². The van der Waals surface area contributed by atoms with Crippen LogP contribution in [0.25, 0.3) is 0 Å². The summed E-state index contributed by atoms with van der Waals surface area (Å²) in [6.07, 6.45) is 2.46. The zero-order valence-electron chi connectivity index (χ0n) is 13.3. The molecule has 1 aliphatic rings. The van der Waals surface area contributed by atoms with Gasteiger partial charge in [-0.3, -0.25) is 4.79 Å². The molecule has 130 valence electrons. The van der Waals surface area contributed by atoms with Crippen LogP contribution >= 0.6 is 28.3 Å². The van der Waals surface area contributed by atoms with Crippen molar-refractivity contribution in [2.45, 2.75) is 18.9 Å². The normalized spacial score (nSPS) is 16.7. The van der Waals surface area contributed by atoms with E-state index in [0.29, 0.717) is 19.7 Å². The van der Waals surface area contributed by atoms with Crippen LogP contribution in [0.4, 0.5) is 0 Å². The minimum atomic E-state index is 0. The summed E-state index contributed by atoms with van der Waals surface area (Å²) >= 11 is 3.38. The first-order valence-corrected chi connectivity index (χ1v) is 8.39. The van der Waals surface area contributed by atoms with Gasteiger partial charge in [0.2, 0.25) is 5.91 Å². The summed E-state index contributed by atoms with van der Waals surface area (Å²) in [5, 5.41) is 3.16. The second kappa shape index (κ2) is 10.9. The second-order valence-corrected chi connectivity index (χ2v) is 6.30. The number of nitrogens with zero attached hydrogens (tertiary/aromatic N) is 1. The first-order chi connectivity index (χ1) is 10.6. The van der Waals surface area contributed by atoms with Crippen LogP contribution < -0.4 is 10.1 Å². The highest BCUT2D eigenvalue weighted by Crippen LogP contribution is 2.15. The van der Waals surface area contributed by atoms with Gasteiger partial charge in [0.15, 0.2) is 0 Å². The van der Waals surface area contributed by atoms with Crippen molar-refractivity contribution in [1.82, 2.24) is 10.2 Å². The van der Waals surface area contributed by atoms with E-state index in [1.165, 1.54) is 0 Å². The number of rotatable bonds is 8. The Balaban J connectivity index is 0.00000264. The molecule has 1 unspecified atom stereocenters. The van der Waals surface area contributed by atoms with Gasteiger partial charge in [0.25, 0.3) is 0 Å². The first-order valence-electron chi connectivity index (χ1n) is 7.60. The SMILES string of the molecule is CN(CCOc1ccc(Br)cc1)C(=O)CNCC1CCCO1.Cl. The van der Waals surface area contributed by atoms with E-state index in [4.69, 9.17) is 9.47 Å². The molecule has 0 bridgehead atoms. The summed E-state index contributed by atoms with van der Waals surface area (Å²) in [5.74, 6) is 0.873. The van der Waals surface area contributed by atoms with Crippen molar-refractivity contribution in [3.8, 4) is 5.75 Å². The van der Waals surface area contributed by atoms with Crippen LogP contribution in [-0.4, -0.2) is 56.8 Å². The van der Waals surface area contributed by atoms with Gasteiger partial charge < -0.3 is 19.7 Å². The second-order valence-electron chi connectivity index (χ2n) is 5.38. The summed E-state index contributed by atoms with van der Waals surface area (Å²) in [6.45, 7) is 2.98. The Bertz CT molecular complexity index is 467. The van der Waals surface area contributed by atoms with Crippen molar-refractivity contribution in [1.29, 1.82) is 0 Å². The third-order valence-electron chi connectivity index (χ3n) is 3.61. The van der Waals surface area contributed by atoms with Crippen molar-refractivity contribution >= 4 is 34.2 Å². The third kappa shape index (κ3) is 7.52. The van der Waals surface area contributed by atoms with Crippen LogP contribution in [-0.2, 0) is 9.53 Å². The number of likely N-dealkylation sites (N-methyl/N-ethyl adjacent to an activating group) is 1. The van der Waals surface area contributed by atoms with Crippen LogP contribution in [0.5, 0.6) is 5.75 Å². The molecule has 1 aromatic carbocycles. The zero-order chi connectivity index (χ0) is 15.8. The van der Waals surface area contributed by atoms with Crippen molar-refractivity contribution in [2.75, 3.05) is 39.9 Å². The molecule has 0 aliphatic carbocycles. The molecule has 5 nitrogen and oxygen atoms in total. The Labute approximate surface area is 152 Å². The van der Waals surface area contributed by atoms with Gasteiger partial charge in [0.05, 0.1) is 19.2 Å². The lowest BCUT2D eigenvalue weighted by atomic mass is 10.2. The van der Waals surface area contributed by atoms with E-state index in [1.807, 2.05) is 24.3 Å². The highest BCUT2D eigenvalue weighted by atomic mass is 79.9. The smallest absolute Gasteiger partial charge is 0.236 e. The standard InChI is InChI=1S/C16H23BrN2O3.ClH/c1-19(8-10-22-14-6-4-13(17)5-7-14)16(20)12-18-11-15-3-2-9-21-15;/h4-7,15,18H,2-3,8-12H2,1H3;1H. The molecule has 1 aliphatic heterocycles. The number of halogens is 2. The maximum absolute atomic E-state index is 12.0. The van der Waals surface area contributed by atoms with Gasteiger partial charge in [0, 0.05) is 24.7 Å². The fourth-order valence-electron chi connectivity index (χ4n) is 2.24. The van der Waals surface area contributed by atoms with Crippen LogP contribution in [0.1, 0.15) is 12.8 Å². The van der Waals surface area contributed by atoms with Crippen LogP contribution in [0.15, 0.2) is 28.7 Å². The van der Waals surface area contributed by atoms with Gasteiger partial charge in [-0.1, -0.05) is 15.9 Å². The molecule has 1 fully saturated rings. The van der Waals surface area contributed by atoms with E-state index < -0.39 is 0 Å². The van der Waals surface area contributed by atoms with Gasteiger partial charge in [0.1, 0.15) is 12.4 Å². The van der Waals surface area contributed by atoms with E-state index in [1.54, 1.807) is 11.9 Å². The van der Waals surface area contributed by atoms with Crippen molar-refractivity contribution in [2.24, 2.45) is 0 Å². The highest BCUT2D eigenvalue weighted by Gasteiger charge is 2.15. The van der Waals surface area contributed by atoms with Gasteiger partial charge in [-0.05, 0) is 37.1 Å². The fraction of sp³-hybridized carbons (Fsp3) is 0.562. The summed E-state index contributed by atoms with van der Waals surface area (Å²) in [7, 11) is 1.79. The van der Waals surface area contributed by atoms with Crippen LogP contribution in [0.3, 0.4) is 0 Å². The molecule has 1 amide bonds. The molecule has 1 heterocycles. The average molecular weight is 408 g/mol. The summed E-state index contributed by atoms with van der Waals surface area (Å²) < 4.78 is 12.1. The van der Waals surface area contributed by atoms with Crippen LogP contribution in [0.2, 0.25) is 0 Å². The highest BCUT2D eigenvalue weighted by molar-refractivity contribution is 9.10. The number of hydrogen-bond acceptors (Lipinski definition) is 4. The maximum Gasteiger partial charge on any atom is 0.236 e. The predicted molar refractivity (Wildman–Crippen MR) is 96.4 cm³/mol. The first kappa shape index (κ1) is 20.2. The maximum atomic E-state index is 12.0. The molecular formula is C16H24BrClN2O3. The fourth-order valence-corrected chi connectivity index (χ4v) is 2.50. The number of hydrogen-bond donors (Lipinski definition) is 1. The summed E-state index contributed by atoms with van der Waals surface area (Å²) in [6, 6.07) is 7.66. The van der Waals surface area contributed by atoms with E-state index in [2.05, 4.69) is 21.2 Å². The monoisotopic (exact) mass is 406 g/mol. The minimum absolute atomic E-state index is 0. The number of amides is 1. The Morgan fingerprint density at radius 3 is 2.83 bits per heavy atom. The molecule has 0 radical (unpaired) electrons. The molecule has 7 heteroatoms. The lowest BCUT2D eigenvalue weighted by molar-refractivity contribution is -0.129. The average Bonchev–Trinajstić information content (AvgIpc) is 3.02. The topological polar surface area (TPSA) is 50.8 Å². The molecule has 0 aromatic heterocycles. The molecule has 1 aromatic rings. The summed E-state index contributed by atoms with van der Waals surface area (Å²) in [5.41, 5.74) is 0. The quantitative estimate of drug-likeness (QED) is 0.719. The van der Waals surface area contributed by atoms with Crippen molar-refractivity contribution in [3.63, 3.8) is 0 Å². The minimum Gasteiger partial charge on any atom is -0.492 e. The van der Waals surface area contributed by atoms with E-state index >= 15 is 0 Å². The number of carbonyl (C=O) groups is 1. The van der Waals surface area contributed by atoms with Gasteiger partial charge >= 0.3 is 0 Å². The Hall–Kier alpha value is -0.820. The Kier molecular flexibility index (Phi) is 9.55. The largest absolute Gasteiger partial charge is 0.492 e. The molecular weight excluding hydrogens is 384 g/mol. The molecule has 0 spiro atoms. The molecule has 23 heavy (non-hydrogen) atoms. The van der Waals surface area contributed by atoms with E-state index in [-0.39, 0.29) is 24.4 Å². The number of ether oxygens (including phenoxy) is 2. The van der Waals surface area contributed by atoms with Crippen molar-refractivity contribution in [3.05, 3.63) is 28.7 Å². The zero-order valence-corrected chi connectivity index (χ0v) is 15.7.